The van der Waals surface area contributed by atoms with Crippen molar-refractivity contribution in [1.29, 1.82) is 0 Å². The lowest BCUT2D eigenvalue weighted by Gasteiger charge is -1.96. The van der Waals surface area contributed by atoms with E-state index in [0.717, 1.165) is 18.0 Å². The summed E-state index contributed by atoms with van der Waals surface area (Å²) in [4.78, 5) is 0. The molecule has 7 heteroatoms. The third-order valence-corrected chi connectivity index (χ3v) is 2.84. The summed E-state index contributed by atoms with van der Waals surface area (Å²) in [6.45, 7) is 3.71. The van der Waals surface area contributed by atoms with Crippen LogP contribution in [0.15, 0.2) is 12.4 Å². The van der Waals surface area contributed by atoms with Crippen molar-refractivity contribution >= 4 is 11.3 Å². The minimum Gasteiger partial charge on any atom is -0.426 e. The molecule has 0 saturated carbocycles. The fourth-order valence-electron chi connectivity index (χ4n) is 1.35. The zero-order chi connectivity index (χ0) is 12.1. The van der Waals surface area contributed by atoms with Crippen LogP contribution in [0.25, 0.3) is 0 Å². The molecule has 0 aliphatic heterocycles. The summed E-state index contributed by atoms with van der Waals surface area (Å²) >= 11 is 1.43. The summed E-state index contributed by atoms with van der Waals surface area (Å²) in [5.74, 6) is 0.700. The van der Waals surface area contributed by atoms with E-state index >= 15 is 0 Å². The van der Waals surface area contributed by atoms with Crippen LogP contribution in [0.5, 0.6) is 10.9 Å². The second-order valence-electron chi connectivity index (χ2n) is 3.53. The molecule has 0 saturated heterocycles. The van der Waals surface area contributed by atoms with Gasteiger partial charge in [-0.3, -0.25) is 4.68 Å². The van der Waals surface area contributed by atoms with Gasteiger partial charge in [-0.05, 0) is 13.5 Å². The lowest BCUT2D eigenvalue weighted by Crippen LogP contribution is -2.04. The molecule has 0 radical (unpaired) electrons. The van der Waals surface area contributed by atoms with Gasteiger partial charge in [0.25, 0.3) is 5.19 Å². The van der Waals surface area contributed by atoms with E-state index in [4.69, 9.17) is 4.74 Å². The van der Waals surface area contributed by atoms with Gasteiger partial charge in [0.2, 0.25) is 0 Å². The van der Waals surface area contributed by atoms with Crippen molar-refractivity contribution in [2.24, 2.45) is 0 Å². The number of nitrogens with one attached hydrogen (secondary N) is 1. The van der Waals surface area contributed by atoms with Crippen molar-refractivity contribution in [3.05, 3.63) is 17.4 Å². The average Bonchev–Trinajstić information content (AvgIpc) is 2.91. The van der Waals surface area contributed by atoms with E-state index in [0.29, 0.717) is 17.5 Å². The molecule has 92 valence electrons. The normalized spacial score (nSPS) is 10.7. The van der Waals surface area contributed by atoms with Gasteiger partial charge in [-0.1, -0.05) is 23.4 Å². The SMILES string of the molecule is CCCn1cc(Oc2nnc(CNC)s2)cn1. The standard InChI is InChI=1S/C10H15N5OS/c1-3-4-15-7-8(5-12-15)16-10-14-13-9(17-10)6-11-2/h5,7,11H,3-4,6H2,1-2H3. The van der Waals surface area contributed by atoms with Crippen LogP contribution in [-0.4, -0.2) is 27.0 Å². The van der Waals surface area contributed by atoms with Gasteiger partial charge < -0.3 is 10.1 Å². The molecule has 1 N–H and O–H groups in total. The molecule has 0 bridgehead atoms. The molecule has 0 fully saturated rings. The van der Waals surface area contributed by atoms with E-state index in [1.165, 1.54) is 11.3 Å². The molecule has 2 heterocycles. The molecule has 0 atom stereocenters. The van der Waals surface area contributed by atoms with Crippen LogP contribution < -0.4 is 10.1 Å². The third-order valence-electron chi connectivity index (χ3n) is 2.04. The number of aromatic nitrogens is 4. The molecule has 0 amide bonds. The number of rotatable bonds is 6. The molecule has 0 aromatic carbocycles. The summed E-state index contributed by atoms with van der Waals surface area (Å²) in [6, 6.07) is 0. The van der Waals surface area contributed by atoms with Crippen LogP contribution >= 0.6 is 11.3 Å². The average molecular weight is 253 g/mol. The van der Waals surface area contributed by atoms with Gasteiger partial charge in [0.1, 0.15) is 5.01 Å². The van der Waals surface area contributed by atoms with Crippen molar-refractivity contribution in [3.63, 3.8) is 0 Å². The Balaban J connectivity index is 1.98. The molecule has 0 aliphatic rings. The number of aryl methyl sites for hydroxylation is 1. The van der Waals surface area contributed by atoms with Crippen LogP contribution in [0.3, 0.4) is 0 Å². The molecular weight excluding hydrogens is 238 g/mol. The lowest BCUT2D eigenvalue weighted by atomic mass is 10.5. The summed E-state index contributed by atoms with van der Waals surface area (Å²) in [5.41, 5.74) is 0. The Labute approximate surface area is 104 Å². The third kappa shape index (κ3) is 3.24. The Bertz CT molecular complexity index is 424. The quantitative estimate of drug-likeness (QED) is 0.848. The Morgan fingerprint density at radius 3 is 3.12 bits per heavy atom. The Hall–Kier alpha value is -1.47. The molecular formula is C10H15N5OS. The highest BCUT2D eigenvalue weighted by atomic mass is 32.1. The first-order valence-corrected chi connectivity index (χ1v) is 6.30. The smallest absolute Gasteiger partial charge is 0.299 e. The van der Waals surface area contributed by atoms with E-state index in [9.17, 15) is 0 Å². The number of ether oxygens (including phenoxy) is 1. The minimum absolute atomic E-state index is 0.547. The Morgan fingerprint density at radius 1 is 1.47 bits per heavy atom. The number of nitrogens with zero attached hydrogens (tertiary/aromatic N) is 4. The van der Waals surface area contributed by atoms with Crippen LogP contribution in [0.2, 0.25) is 0 Å². The maximum atomic E-state index is 5.57. The summed E-state index contributed by atoms with van der Waals surface area (Å²) in [6.07, 6.45) is 4.60. The first-order chi connectivity index (χ1) is 8.31. The first kappa shape index (κ1) is 12.0. The van der Waals surface area contributed by atoms with E-state index in [1.807, 2.05) is 17.9 Å². The maximum Gasteiger partial charge on any atom is 0.299 e. The summed E-state index contributed by atoms with van der Waals surface area (Å²) in [7, 11) is 1.87. The van der Waals surface area contributed by atoms with Gasteiger partial charge >= 0.3 is 0 Å². The van der Waals surface area contributed by atoms with Crippen LogP contribution in [0, 0.1) is 0 Å². The molecule has 6 nitrogen and oxygen atoms in total. The van der Waals surface area contributed by atoms with Crippen LogP contribution in [0.1, 0.15) is 18.4 Å². The van der Waals surface area contributed by atoms with Gasteiger partial charge in [-0.25, -0.2) is 0 Å². The lowest BCUT2D eigenvalue weighted by molar-refractivity contribution is 0.471. The minimum atomic E-state index is 0.547. The number of hydrogen-bond donors (Lipinski definition) is 1. The molecule has 2 aromatic heterocycles. The summed E-state index contributed by atoms with van der Waals surface area (Å²) < 4.78 is 7.42. The van der Waals surface area contributed by atoms with Crippen LogP contribution in [-0.2, 0) is 13.1 Å². The highest BCUT2D eigenvalue weighted by Gasteiger charge is 2.07. The molecule has 0 unspecified atom stereocenters. The van der Waals surface area contributed by atoms with Gasteiger partial charge in [-0.2, -0.15) is 5.10 Å². The fourth-order valence-corrected chi connectivity index (χ4v) is 2.07. The molecule has 2 rings (SSSR count). The zero-order valence-electron chi connectivity index (χ0n) is 9.88. The van der Waals surface area contributed by atoms with Gasteiger partial charge in [0, 0.05) is 13.1 Å². The maximum absolute atomic E-state index is 5.57. The largest absolute Gasteiger partial charge is 0.426 e. The molecule has 0 spiro atoms. The van der Waals surface area contributed by atoms with Crippen molar-refractivity contribution in [2.45, 2.75) is 26.4 Å². The predicted octanol–water partition coefficient (Wildman–Crippen LogP) is 1.66. The van der Waals surface area contributed by atoms with Crippen LogP contribution in [0.4, 0.5) is 0 Å². The highest BCUT2D eigenvalue weighted by Crippen LogP contribution is 2.24. The van der Waals surface area contributed by atoms with E-state index in [1.54, 1.807) is 6.20 Å². The Morgan fingerprint density at radius 2 is 2.35 bits per heavy atom. The van der Waals surface area contributed by atoms with E-state index < -0.39 is 0 Å². The van der Waals surface area contributed by atoms with E-state index in [2.05, 4.69) is 27.5 Å². The van der Waals surface area contributed by atoms with Gasteiger partial charge in [0.05, 0.1) is 12.4 Å². The monoisotopic (exact) mass is 253 g/mol. The van der Waals surface area contributed by atoms with Gasteiger partial charge in [-0.15, -0.1) is 5.10 Å². The Kier molecular flexibility index (Phi) is 4.05. The zero-order valence-corrected chi connectivity index (χ0v) is 10.7. The van der Waals surface area contributed by atoms with E-state index in [-0.39, 0.29) is 0 Å². The topological polar surface area (TPSA) is 64.9 Å². The summed E-state index contributed by atoms with van der Waals surface area (Å²) in [5, 5.41) is 16.6. The fraction of sp³-hybridized carbons (Fsp3) is 0.500. The first-order valence-electron chi connectivity index (χ1n) is 5.49. The molecule has 17 heavy (non-hydrogen) atoms. The molecule has 0 aliphatic carbocycles. The van der Waals surface area contributed by atoms with Crippen molar-refractivity contribution < 1.29 is 4.74 Å². The van der Waals surface area contributed by atoms with Gasteiger partial charge in [0.15, 0.2) is 5.75 Å². The van der Waals surface area contributed by atoms with Crippen molar-refractivity contribution in [3.8, 4) is 10.9 Å². The second-order valence-corrected chi connectivity index (χ2v) is 4.56. The second kappa shape index (κ2) is 5.74. The molecule has 2 aromatic rings. The van der Waals surface area contributed by atoms with Crippen molar-refractivity contribution in [1.82, 2.24) is 25.3 Å². The van der Waals surface area contributed by atoms with Crippen molar-refractivity contribution in [2.75, 3.05) is 7.05 Å². The predicted molar refractivity (Wildman–Crippen MR) is 65.3 cm³/mol. The number of hydrogen-bond acceptors (Lipinski definition) is 6. The highest BCUT2D eigenvalue weighted by molar-refractivity contribution is 7.13.